The summed E-state index contributed by atoms with van der Waals surface area (Å²) in [6.45, 7) is 3.88. The number of hydrogen-bond acceptors (Lipinski definition) is 2. The van der Waals surface area contributed by atoms with Crippen LogP contribution in [0.4, 0.5) is 0 Å². The second kappa shape index (κ2) is 7.59. The molecule has 0 bridgehead atoms. The summed E-state index contributed by atoms with van der Waals surface area (Å²) in [5.74, 6) is -0.462. The first-order valence-corrected chi connectivity index (χ1v) is 9.93. The van der Waals surface area contributed by atoms with Crippen LogP contribution in [0, 0.1) is 13.8 Å². The van der Waals surface area contributed by atoms with Crippen molar-refractivity contribution in [3.63, 3.8) is 0 Å². The zero-order valence-corrected chi connectivity index (χ0v) is 16.7. The number of hydrogen-bond donors (Lipinski definition) is 2. The third-order valence-corrected chi connectivity index (χ3v) is 5.95. The van der Waals surface area contributed by atoms with E-state index in [1.54, 1.807) is 0 Å². The van der Waals surface area contributed by atoms with Crippen molar-refractivity contribution in [1.82, 2.24) is 15.4 Å². The summed E-state index contributed by atoms with van der Waals surface area (Å²) in [4.78, 5) is 25.7. The molecule has 2 aromatic carbocycles. The topological polar surface area (TPSA) is 63.1 Å². The van der Waals surface area contributed by atoms with Gasteiger partial charge in [-0.3, -0.25) is 20.4 Å². The number of aryl methyl sites for hydroxylation is 1. The fraction of sp³-hybridized carbons (Fsp3) is 0.250. The molecule has 4 rings (SSSR count). The Kier molecular flexibility index (Phi) is 4.97. The van der Waals surface area contributed by atoms with Gasteiger partial charge in [-0.1, -0.05) is 55.0 Å². The molecule has 1 saturated carbocycles. The third-order valence-electron chi connectivity index (χ3n) is 5.95. The fourth-order valence-electron chi connectivity index (χ4n) is 4.20. The Hall–Kier alpha value is -3.34. The van der Waals surface area contributed by atoms with Gasteiger partial charge in [-0.25, -0.2) is 0 Å². The number of aromatic nitrogens is 1. The Labute approximate surface area is 170 Å². The van der Waals surface area contributed by atoms with Crippen LogP contribution in [0.3, 0.4) is 0 Å². The van der Waals surface area contributed by atoms with Crippen molar-refractivity contribution < 1.29 is 9.59 Å². The van der Waals surface area contributed by atoms with Crippen LogP contribution >= 0.6 is 0 Å². The van der Waals surface area contributed by atoms with Gasteiger partial charge in [0.15, 0.2) is 0 Å². The molecule has 0 aliphatic heterocycles. The fourth-order valence-corrected chi connectivity index (χ4v) is 4.20. The molecule has 0 saturated heterocycles. The molecular weight excluding hydrogens is 362 g/mol. The first-order chi connectivity index (χ1) is 14.0. The Balaban J connectivity index is 1.50. The van der Waals surface area contributed by atoms with Gasteiger partial charge in [0, 0.05) is 17.1 Å². The highest BCUT2D eigenvalue weighted by Crippen LogP contribution is 2.43. The summed E-state index contributed by atoms with van der Waals surface area (Å²) in [5.41, 5.74) is 9.10. The normalized spacial score (nSPS) is 14.7. The zero-order valence-electron chi connectivity index (χ0n) is 16.7. The molecule has 1 fully saturated rings. The van der Waals surface area contributed by atoms with E-state index >= 15 is 0 Å². The van der Waals surface area contributed by atoms with Gasteiger partial charge in [0.05, 0.1) is 11.0 Å². The molecule has 1 aliphatic rings. The van der Waals surface area contributed by atoms with Crippen LogP contribution in [0.5, 0.6) is 0 Å². The maximum atomic E-state index is 12.9. The molecule has 0 unspecified atom stereocenters. The molecule has 148 valence electrons. The van der Waals surface area contributed by atoms with Gasteiger partial charge in [-0.05, 0) is 50.5 Å². The minimum absolute atomic E-state index is 0.153. The quantitative estimate of drug-likeness (QED) is 0.665. The molecule has 0 atom stereocenters. The minimum Gasteiger partial charge on any atom is -0.318 e. The van der Waals surface area contributed by atoms with Gasteiger partial charge in [-0.2, -0.15) is 0 Å². The number of para-hydroxylation sites is 1. The summed E-state index contributed by atoms with van der Waals surface area (Å²) in [7, 11) is 0. The molecule has 3 aromatic rings. The molecule has 0 spiro atoms. The van der Waals surface area contributed by atoms with E-state index in [0.29, 0.717) is 5.56 Å². The Morgan fingerprint density at radius 1 is 0.897 bits per heavy atom. The smallest absolute Gasteiger partial charge is 0.271 e. The largest absolute Gasteiger partial charge is 0.318 e. The minimum atomic E-state index is -0.546. The maximum absolute atomic E-state index is 12.9. The summed E-state index contributed by atoms with van der Waals surface area (Å²) in [5, 5.41) is 0. The Morgan fingerprint density at radius 3 is 2.10 bits per heavy atom. The highest BCUT2D eigenvalue weighted by atomic mass is 16.2. The van der Waals surface area contributed by atoms with Crippen molar-refractivity contribution in [2.75, 3.05) is 0 Å². The lowest BCUT2D eigenvalue weighted by atomic mass is 9.64. The van der Waals surface area contributed by atoms with E-state index in [-0.39, 0.29) is 11.8 Å². The SMILES string of the molecule is Cc1cc(C(=O)NNC(=O)C2(c3ccccc3)CCC2)c(C)n1-c1ccccc1. The van der Waals surface area contributed by atoms with Crippen LogP contribution in [0.25, 0.3) is 5.69 Å². The second-order valence-electron chi connectivity index (χ2n) is 7.67. The van der Waals surface area contributed by atoms with Crippen molar-refractivity contribution in [2.24, 2.45) is 0 Å². The van der Waals surface area contributed by atoms with Crippen LogP contribution in [0.1, 0.15) is 46.6 Å². The predicted octanol–water partition coefficient (Wildman–Crippen LogP) is 3.98. The second-order valence-corrected chi connectivity index (χ2v) is 7.67. The van der Waals surface area contributed by atoms with E-state index in [1.165, 1.54) is 0 Å². The number of amides is 2. The highest BCUT2D eigenvalue weighted by Gasteiger charge is 2.45. The average Bonchev–Trinajstić information content (AvgIpc) is 3.01. The van der Waals surface area contributed by atoms with E-state index in [2.05, 4.69) is 10.9 Å². The van der Waals surface area contributed by atoms with Gasteiger partial charge in [-0.15, -0.1) is 0 Å². The first-order valence-electron chi connectivity index (χ1n) is 9.93. The summed E-state index contributed by atoms with van der Waals surface area (Å²) in [6.07, 6.45) is 2.59. The number of carbonyl (C=O) groups excluding carboxylic acids is 2. The van der Waals surface area contributed by atoms with E-state index in [0.717, 1.165) is 41.9 Å². The van der Waals surface area contributed by atoms with Crippen molar-refractivity contribution in [1.29, 1.82) is 0 Å². The van der Waals surface area contributed by atoms with Crippen molar-refractivity contribution in [3.05, 3.63) is 89.2 Å². The van der Waals surface area contributed by atoms with E-state index in [4.69, 9.17) is 0 Å². The molecule has 1 heterocycles. The molecule has 2 amide bonds. The van der Waals surface area contributed by atoms with Gasteiger partial charge >= 0.3 is 0 Å². The van der Waals surface area contributed by atoms with E-state index in [1.807, 2.05) is 85.1 Å². The standard InChI is InChI=1S/C24H25N3O2/c1-17-16-21(18(2)27(17)20-12-7-4-8-13-20)22(28)25-26-23(29)24(14-9-15-24)19-10-5-3-6-11-19/h3-8,10-13,16H,9,14-15H2,1-2H3,(H,25,28)(H,26,29). The molecule has 0 radical (unpaired) electrons. The summed E-state index contributed by atoms with van der Waals surface area (Å²) in [6, 6.07) is 21.5. The lowest BCUT2D eigenvalue weighted by Crippen LogP contribution is -2.54. The zero-order chi connectivity index (χ0) is 20.4. The Bertz CT molecular complexity index is 1030. The van der Waals surface area contributed by atoms with Crippen molar-refractivity contribution in [2.45, 2.75) is 38.5 Å². The van der Waals surface area contributed by atoms with Gasteiger partial charge in [0.25, 0.3) is 5.91 Å². The molecule has 2 N–H and O–H groups in total. The summed E-state index contributed by atoms with van der Waals surface area (Å²) < 4.78 is 2.04. The first kappa shape index (κ1) is 19.0. The van der Waals surface area contributed by atoms with Crippen LogP contribution in [0.15, 0.2) is 66.7 Å². The molecule has 29 heavy (non-hydrogen) atoms. The van der Waals surface area contributed by atoms with Crippen LogP contribution in [-0.4, -0.2) is 16.4 Å². The number of benzene rings is 2. The number of nitrogens with one attached hydrogen (secondary N) is 2. The lowest BCUT2D eigenvalue weighted by molar-refractivity contribution is -0.130. The number of nitrogens with zero attached hydrogens (tertiary/aromatic N) is 1. The molecule has 5 heteroatoms. The lowest BCUT2D eigenvalue weighted by Gasteiger charge is -2.40. The van der Waals surface area contributed by atoms with E-state index < -0.39 is 5.41 Å². The monoisotopic (exact) mass is 387 g/mol. The van der Waals surface area contributed by atoms with Crippen LogP contribution in [0.2, 0.25) is 0 Å². The molecule has 1 aromatic heterocycles. The number of carbonyl (C=O) groups is 2. The number of rotatable bonds is 4. The van der Waals surface area contributed by atoms with Crippen molar-refractivity contribution in [3.8, 4) is 5.69 Å². The Morgan fingerprint density at radius 2 is 1.52 bits per heavy atom. The number of hydrazine groups is 1. The molecular formula is C24H25N3O2. The average molecular weight is 387 g/mol. The van der Waals surface area contributed by atoms with E-state index in [9.17, 15) is 9.59 Å². The van der Waals surface area contributed by atoms with Gasteiger partial charge < -0.3 is 4.57 Å². The third kappa shape index (κ3) is 3.33. The molecule has 1 aliphatic carbocycles. The highest BCUT2D eigenvalue weighted by molar-refractivity contribution is 5.98. The molecule has 5 nitrogen and oxygen atoms in total. The maximum Gasteiger partial charge on any atom is 0.271 e. The van der Waals surface area contributed by atoms with Crippen LogP contribution in [-0.2, 0) is 10.2 Å². The predicted molar refractivity (Wildman–Crippen MR) is 113 cm³/mol. The van der Waals surface area contributed by atoms with Gasteiger partial charge in [0.2, 0.25) is 5.91 Å². The van der Waals surface area contributed by atoms with Gasteiger partial charge in [0.1, 0.15) is 0 Å². The van der Waals surface area contributed by atoms with Crippen molar-refractivity contribution >= 4 is 11.8 Å². The summed E-state index contributed by atoms with van der Waals surface area (Å²) >= 11 is 0. The van der Waals surface area contributed by atoms with Crippen LogP contribution < -0.4 is 10.9 Å².